The summed E-state index contributed by atoms with van der Waals surface area (Å²) < 4.78 is 10.6. The van der Waals surface area contributed by atoms with Gasteiger partial charge in [-0.05, 0) is 48.7 Å². The van der Waals surface area contributed by atoms with Crippen molar-refractivity contribution >= 4 is 29.9 Å². The Hall–Kier alpha value is -2.31. The van der Waals surface area contributed by atoms with Crippen molar-refractivity contribution in [2.75, 3.05) is 26.9 Å². The zero-order valence-electron chi connectivity index (χ0n) is 17.0. The number of guanidine groups is 1. The second-order valence-electron chi connectivity index (χ2n) is 6.15. The maximum Gasteiger partial charge on any atom is 0.191 e. The normalized spacial score (nSPS) is 10.6. The first-order valence-electron chi connectivity index (χ1n) is 9.47. The maximum atomic E-state index is 8.90. The molecule has 29 heavy (non-hydrogen) atoms. The minimum absolute atomic E-state index is 0. The lowest BCUT2D eigenvalue weighted by Gasteiger charge is -2.13. The summed E-state index contributed by atoms with van der Waals surface area (Å²) in [5.74, 6) is 1.58. The quantitative estimate of drug-likeness (QED) is 0.221. The highest BCUT2D eigenvalue weighted by Gasteiger charge is 2.01. The summed E-state index contributed by atoms with van der Waals surface area (Å²) in [4.78, 5) is 4.68. The van der Waals surface area contributed by atoms with Crippen LogP contribution in [0.5, 0.6) is 5.75 Å². The Labute approximate surface area is 190 Å². The lowest BCUT2D eigenvalue weighted by molar-refractivity contribution is 0.145. The molecule has 0 amide bonds. The standard InChI is InChI=1S/C22H28N4O2.HI/c1-3-28-14-4-13-24-22(25-16-19-7-5-18(15-23)6-8-19)26-17-20-9-11-21(27-2)12-10-20;/h5-12H,3-4,13-14,16-17H2,1-2H3,(H2,24,25,26);1H. The van der Waals surface area contributed by atoms with Gasteiger partial charge in [-0.15, -0.1) is 24.0 Å². The summed E-state index contributed by atoms with van der Waals surface area (Å²) in [6.07, 6.45) is 0.911. The molecule has 0 spiro atoms. The molecule has 6 nitrogen and oxygen atoms in total. The Balaban J connectivity index is 0.00000420. The third-order valence-electron chi connectivity index (χ3n) is 4.08. The number of methoxy groups -OCH3 is 1. The highest BCUT2D eigenvalue weighted by molar-refractivity contribution is 14.0. The minimum atomic E-state index is 0. The van der Waals surface area contributed by atoms with Gasteiger partial charge < -0.3 is 20.1 Å². The fourth-order valence-corrected chi connectivity index (χ4v) is 2.48. The molecule has 0 aliphatic heterocycles. The SMILES string of the molecule is CCOCCCNC(=NCc1ccc(OC)cc1)NCc1ccc(C#N)cc1.I. The van der Waals surface area contributed by atoms with Crippen LogP contribution < -0.4 is 15.4 Å². The first-order chi connectivity index (χ1) is 13.7. The fourth-order valence-electron chi connectivity index (χ4n) is 2.48. The monoisotopic (exact) mass is 508 g/mol. The average molecular weight is 508 g/mol. The lowest BCUT2D eigenvalue weighted by Crippen LogP contribution is -2.37. The molecule has 0 unspecified atom stereocenters. The van der Waals surface area contributed by atoms with E-state index >= 15 is 0 Å². The molecule has 7 heteroatoms. The largest absolute Gasteiger partial charge is 0.497 e. The van der Waals surface area contributed by atoms with E-state index in [1.165, 1.54) is 0 Å². The number of aliphatic imine (C=N–C) groups is 1. The topological polar surface area (TPSA) is 78.7 Å². The van der Waals surface area contributed by atoms with Crippen molar-refractivity contribution in [3.63, 3.8) is 0 Å². The predicted molar refractivity (Wildman–Crippen MR) is 127 cm³/mol. The number of ether oxygens (including phenoxy) is 2. The van der Waals surface area contributed by atoms with Crippen LogP contribution in [0, 0.1) is 11.3 Å². The molecule has 0 fully saturated rings. The second kappa shape index (κ2) is 14.7. The Bertz CT molecular complexity index is 771. The molecule has 2 N–H and O–H groups in total. The molecule has 0 atom stereocenters. The molecule has 0 heterocycles. The molecule has 0 aliphatic rings. The first-order valence-corrected chi connectivity index (χ1v) is 9.47. The number of nitrogens with one attached hydrogen (secondary N) is 2. The van der Waals surface area contributed by atoms with E-state index in [1.54, 1.807) is 7.11 Å². The Kier molecular flexibility index (Phi) is 12.5. The summed E-state index contributed by atoms with van der Waals surface area (Å²) >= 11 is 0. The molecule has 0 aromatic heterocycles. The van der Waals surface area contributed by atoms with Gasteiger partial charge >= 0.3 is 0 Å². The van der Waals surface area contributed by atoms with Crippen LogP contribution in [0.25, 0.3) is 0 Å². The van der Waals surface area contributed by atoms with E-state index in [0.717, 1.165) is 49.0 Å². The molecule has 0 radical (unpaired) electrons. The summed E-state index contributed by atoms with van der Waals surface area (Å²) in [6, 6.07) is 17.6. The number of hydrogen-bond donors (Lipinski definition) is 2. The van der Waals surface area contributed by atoms with Gasteiger partial charge in [0.05, 0.1) is 25.3 Å². The molecule has 0 aliphatic carbocycles. The van der Waals surface area contributed by atoms with Gasteiger partial charge in [0, 0.05) is 26.3 Å². The van der Waals surface area contributed by atoms with Crippen molar-refractivity contribution in [3.05, 3.63) is 65.2 Å². The van der Waals surface area contributed by atoms with Crippen LogP contribution in [0.2, 0.25) is 0 Å². The number of rotatable bonds is 10. The molecule has 2 rings (SSSR count). The highest BCUT2D eigenvalue weighted by atomic mass is 127. The van der Waals surface area contributed by atoms with E-state index in [2.05, 4.69) is 21.7 Å². The van der Waals surface area contributed by atoms with Crippen molar-refractivity contribution in [1.82, 2.24) is 10.6 Å². The van der Waals surface area contributed by atoms with Gasteiger partial charge in [0.15, 0.2) is 5.96 Å². The van der Waals surface area contributed by atoms with Crippen LogP contribution in [0.1, 0.15) is 30.0 Å². The van der Waals surface area contributed by atoms with E-state index in [0.29, 0.717) is 18.7 Å². The van der Waals surface area contributed by atoms with Crippen LogP contribution in [-0.2, 0) is 17.8 Å². The van der Waals surface area contributed by atoms with Gasteiger partial charge in [0.1, 0.15) is 5.75 Å². The third kappa shape index (κ3) is 9.63. The zero-order chi connectivity index (χ0) is 20.0. The highest BCUT2D eigenvalue weighted by Crippen LogP contribution is 2.11. The fraction of sp³-hybridized carbons (Fsp3) is 0.364. The van der Waals surface area contributed by atoms with Crippen LogP contribution in [0.3, 0.4) is 0 Å². The van der Waals surface area contributed by atoms with Crippen molar-refractivity contribution < 1.29 is 9.47 Å². The molecule has 2 aromatic rings. The van der Waals surface area contributed by atoms with Crippen molar-refractivity contribution in [2.45, 2.75) is 26.4 Å². The number of nitriles is 1. The third-order valence-corrected chi connectivity index (χ3v) is 4.08. The van der Waals surface area contributed by atoms with E-state index in [1.807, 2.05) is 55.5 Å². The van der Waals surface area contributed by atoms with Gasteiger partial charge in [-0.2, -0.15) is 5.26 Å². The second-order valence-corrected chi connectivity index (χ2v) is 6.15. The van der Waals surface area contributed by atoms with E-state index < -0.39 is 0 Å². The minimum Gasteiger partial charge on any atom is -0.497 e. The molecule has 0 saturated carbocycles. The smallest absolute Gasteiger partial charge is 0.191 e. The number of hydrogen-bond acceptors (Lipinski definition) is 4. The summed E-state index contributed by atoms with van der Waals surface area (Å²) in [7, 11) is 1.66. The summed E-state index contributed by atoms with van der Waals surface area (Å²) in [5.41, 5.74) is 2.85. The van der Waals surface area contributed by atoms with Gasteiger partial charge in [0.25, 0.3) is 0 Å². The maximum absolute atomic E-state index is 8.90. The number of nitrogens with zero attached hydrogens (tertiary/aromatic N) is 2. The van der Waals surface area contributed by atoms with Gasteiger partial charge in [-0.1, -0.05) is 24.3 Å². The van der Waals surface area contributed by atoms with Gasteiger partial charge in [-0.3, -0.25) is 0 Å². The molecule has 0 saturated heterocycles. The molecular weight excluding hydrogens is 479 g/mol. The van der Waals surface area contributed by atoms with Crippen molar-refractivity contribution in [3.8, 4) is 11.8 Å². The van der Waals surface area contributed by atoms with Crippen molar-refractivity contribution in [1.29, 1.82) is 5.26 Å². The van der Waals surface area contributed by atoms with Gasteiger partial charge in [-0.25, -0.2) is 4.99 Å². The molecule has 156 valence electrons. The number of benzene rings is 2. The zero-order valence-corrected chi connectivity index (χ0v) is 19.3. The van der Waals surface area contributed by atoms with E-state index in [9.17, 15) is 0 Å². The lowest BCUT2D eigenvalue weighted by atomic mass is 10.1. The van der Waals surface area contributed by atoms with Crippen LogP contribution >= 0.6 is 24.0 Å². The molecule has 2 aromatic carbocycles. The molecule has 0 bridgehead atoms. The molecular formula is C22H29IN4O2. The average Bonchev–Trinajstić information content (AvgIpc) is 2.75. The summed E-state index contributed by atoms with van der Waals surface area (Å²) in [6.45, 7) is 5.43. The number of halogens is 1. The van der Waals surface area contributed by atoms with Crippen LogP contribution in [0.4, 0.5) is 0 Å². The Morgan fingerprint density at radius 1 is 1.03 bits per heavy atom. The van der Waals surface area contributed by atoms with Crippen LogP contribution in [0.15, 0.2) is 53.5 Å². The van der Waals surface area contributed by atoms with Gasteiger partial charge in [0.2, 0.25) is 0 Å². The van der Waals surface area contributed by atoms with Crippen molar-refractivity contribution in [2.24, 2.45) is 4.99 Å². The van der Waals surface area contributed by atoms with Crippen LogP contribution in [-0.4, -0.2) is 32.8 Å². The Morgan fingerprint density at radius 2 is 1.72 bits per heavy atom. The Morgan fingerprint density at radius 3 is 2.34 bits per heavy atom. The summed E-state index contributed by atoms with van der Waals surface area (Å²) in [5, 5.41) is 15.6. The first kappa shape index (κ1) is 24.7. The van der Waals surface area contributed by atoms with E-state index in [-0.39, 0.29) is 24.0 Å². The van der Waals surface area contributed by atoms with E-state index in [4.69, 9.17) is 14.7 Å². The predicted octanol–water partition coefficient (Wildman–Crippen LogP) is 3.85.